The number of carbonyl (C=O) groups is 1. The fourth-order valence-corrected chi connectivity index (χ4v) is 3.50. The molecule has 3 aromatic rings. The lowest BCUT2D eigenvalue weighted by Crippen LogP contribution is -2.14. The first-order valence-corrected chi connectivity index (χ1v) is 10.1. The molecule has 5 nitrogen and oxygen atoms in total. The number of aromatic nitrogens is 3. The molecule has 1 N–H and O–H groups in total. The largest absolute Gasteiger partial charge is 0.325 e. The van der Waals surface area contributed by atoms with Crippen LogP contribution in [0, 0.1) is 0 Å². The maximum absolute atomic E-state index is 12.2. The highest BCUT2D eigenvalue weighted by Gasteiger charge is 2.13. The van der Waals surface area contributed by atoms with Crippen molar-refractivity contribution in [2.75, 3.05) is 11.1 Å². The summed E-state index contributed by atoms with van der Waals surface area (Å²) in [5.74, 6) is 0.934. The quantitative estimate of drug-likeness (QED) is 0.577. The number of amides is 1. The second-order valence-corrected chi connectivity index (χ2v) is 7.53. The van der Waals surface area contributed by atoms with E-state index in [1.165, 1.54) is 17.3 Å². The molecule has 0 spiro atoms. The topological polar surface area (TPSA) is 59.8 Å². The number of thioether (sulfide) groups is 1. The molecular weight excluding hydrogens is 380 g/mol. The van der Waals surface area contributed by atoms with E-state index >= 15 is 0 Å². The van der Waals surface area contributed by atoms with Crippen LogP contribution in [0.3, 0.4) is 0 Å². The molecule has 1 aromatic heterocycles. The molecule has 27 heavy (non-hydrogen) atoms. The van der Waals surface area contributed by atoms with E-state index in [-0.39, 0.29) is 11.7 Å². The van der Waals surface area contributed by atoms with Gasteiger partial charge in [-0.2, -0.15) is 0 Å². The number of aryl methyl sites for hydroxylation is 1. The summed E-state index contributed by atoms with van der Waals surface area (Å²) in [6.07, 6.45) is 2.16. The van der Waals surface area contributed by atoms with Gasteiger partial charge in [0.2, 0.25) is 5.91 Å². The second kappa shape index (κ2) is 9.06. The molecule has 140 valence electrons. The standard InChI is InChI=1S/C20H21ClN4OS/c1-3-4-14-5-11-17(12-6-14)22-18(26)13-27-20-24-23-19(25(20)2)15-7-9-16(21)10-8-15/h5-12H,3-4,13H2,1-2H3,(H,22,26). The number of carbonyl (C=O) groups excluding carboxylic acids is 1. The van der Waals surface area contributed by atoms with Crippen molar-refractivity contribution in [3.63, 3.8) is 0 Å². The monoisotopic (exact) mass is 400 g/mol. The Bertz CT molecular complexity index is 907. The van der Waals surface area contributed by atoms with Crippen molar-refractivity contribution in [3.8, 4) is 11.4 Å². The van der Waals surface area contributed by atoms with E-state index < -0.39 is 0 Å². The highest BCUT2D eigenvalue weighted by Crippen LogP contribution is 2.24. The average Bonchev–Trinajstić information content (AvgIpc) is 3.03. The molecule has 3 rings (SSSR count). The summed E-state index contributed by atoms with van der Waals surface area (Å²) < 4.78 is 1.88. The number of nitrogens with zero attached hydrogens (tertiary/aromatic N) is 3. The fraction of sp³-hybridized carbons (Fsp3) is 0.250. The number of anilines is 1. The van der Waals surface area contributed by atoms with Crippen molar-refractivity contribution >= 4 is 35.0 Å². The van der Waals surface area contributed by atoms with Crippen LogP contribution in [0.15, 0.2) is 53.7 Å². The Morgan fingerprint density at radius 1 is 1.11 bits per heavy atom. The van der Waals surface area contributed by atoms with E-state index in [2.05, 4.69) is 22.4 Å². The van der Waals surface area contributed by atoms with Crippen LogP contribution in [0.5, 0.6) is 0 Å². The fourth-order valence-electron chi connectivity index (χ4n) is 2.66. The number of hydrogen-bond donors (Lipinski definition) is 1. The summed E-state index contributed by atoms with van der Waals surface area (Å²) in [4.78, 5) is 12.2. The molecule has 2 aromatic carbocycles. The second-order valence-electron chi connectivity index (χ2n) is 6.16. The van der Waals surface area contributed by atoms with Gasteiger partial charge in [-0.1, -0.05) is 48.8 Å². The van der Waals surface area contributed by atoms with E-state index in [1.54, 1.807) is 0 Å². The van der Waals surface area contributed by atoms with Gasteiger partial charge in [-0.05, 0) is 48.4 Å². The normalized spacial score (nSPS) is 10.8. The third kappa shape index (κ3) is 5.11. The van der Waals surface area contributed by atoms with Gasteiger partial charge in [-0.3, -0.25) is 4.79 Å². The average molecular weight is 401 g/mol. The Morgan fingerprint density at radius 3 is 2.48 bits per heavy atom. The summed E-state index contributed by atoms with van der Waals surface area (Å²) in [7, 11) is 1.89. The molecule has 7 heteroatoms. The van der Waals surface area contributed by atoms with Gasteiger partial charge in [0.05, 0.1) is 5.75 Å². The third-order valence-electron chi connectivity index (χ3n) is 4.05. The summed E-state index contributed by atoms with van der Waals surface area (Å²) in [6, 6.07) is 15.4. The zero-order valence-electron chi connectivity index (χ0n) is 15.3. The molecular formula is C20H21ClN4OS. The first-order chi connectivity index (χ1) is 13.1. The molecule has 0 radical (unpaired) electrons. The van der Waals surface area contributed by atoms with E-state index in [9.17, 15) is 4.79 Å². The Balaban J connectivity index is 1.58. The van der Waals surface area contributed by atoms with Crippen LogP contribution in [0.25, 0.3) is 11.4 Å². The maximum atomic E-state index is 12.2. The summed E-state index contributed by atoms with van der Waals surface area (Å²) in [5.41, 5.74) is 3.01. The zero-order chi connectivity index (χ0) is 19.2. The van der Waals surface area contributed by atoms with E-state index in [4.69, 9.17) is 11.6 Å². The van der Waals surface area contributed by atoms with Crippen molar-refractivity contribution in [3.05, 3.63) is 59.1 Å². The summed E-state index contributed by atoms with van der Waals surface area (Å²) in [6.45, 7) is 2.15. The first-order valence-electron chi connectivity index (χ1n) is 8.73. The Kier molecular flexibility index (Phi) is 6.53. The number of benzene rings is 2. The lowest BCUT2D eigenvalue weighted by Gasteiger charge is -2.07. The minimum atomic E-state index is -0.0701. The molecule has 0 aliphatic heterocycles. The molecule has 0 aliphatic rings. The summed E-state index contributed by atoms with van der Waals surface area (Å²) >= 11 is 7.28. The van der Waals surface area contributed by atoms with Crippen molar-refractivity contribution in [2.45, 2.75) is 24.9 Å². The molecule has 0 fully saturated rings. The molecule has 0 unspecified atom stereocenters. The van der Waals surface area contributed by atoms with E-state index in [0.29, 0.717) is 10.2 Å². The van der Waals surface area contributed by atoms with Crippen LogP contribution >= 0.6 is 23.4 Å². The Hall–Kier alpha value is -2.31. The van der Waals surface area contributed by atoms with Crippen LogP contribution in [-0.2, 0) is 18.3 Å². The molecule has 1 amide bonds. The van der Waals surface area contributed by atoms with Crippen LogP contribution in [-0.4, -0.2) is 26.4 Å². The molecule has 0 atom stereocenters. The van der Waals surface area contributed by atoms with E-state index in [0.717, 1.165) is 29.9 Å². The Labute approximate surface area is 168 Å². The van der Waals surface area contributed by atoms with E-state index in [1.807, 2.05) is 60.1 Å². The maximum Gasteiger partial charge on any atom is 0.234 e. The predicted molar refractivity (Wildman–Crippen MR) is 111 cm³/mol. The summed E-state index contributed by atoms with van der Waals surface area (Å²) in [5, 5.41) is 12.7. The van der Waals surface area contributed by atoms with Gasteiger partial charge in [0.15, 0.2) is 11.0 Å². The van der Waals surface area contributed by atoms with Crippen LogP contribution in [0.1, 0.15) is 18.9 Å². The minimum absolute atomic E-state index is 0.0701. The SMILES string of the molecule is CCCc1ccc(NC(=O)CSc2nnc(-c3ccc(Cl)cc3)n2C)cc1. The molecule has 1 heterocycles. The van der Waals surface area contributed by atoms with Gasteiger partial charge in [-0.15, -0.1) is 10.2 Å². The van der Waals surface area contributed by atoms with Gasteiger partial charge in [0.25, 0.3) is 0 Å². The van der Waals surface area contributed by atoms with Gasteiger partial charge in [0.1, 0.15) is 0 Å². The van der Waals surface area contributed by atoms with Crippen LogP contribution in [0.2, 0.25) is 5.02 Å². The lowest BCUT2D eigenvalue weighted by molar-refractivity contribution is -0.113. The zero-order valence-corrected chi connectivity index (χ0v) is 16.8. The third-order valence-corrected chi connectivity index (χ3v) is 5.32. The van der Waals surface area contributed by atoms with Gasteiger partial charge < -0.3 is 9.88 Å². The predicted octanol–water partition coefficient (Wildman–Crippen LogP) is 4.82. The van der Waals surface area contributed by atoms with Gasteiger partial charge >= 0.3 is 0 Å². The smallest absolute Gasteiger partial charge is 0.234 e. The lowest BCUT2D eigenvalue weighted by atomic mass is 10.1. The molecule has 0 aliphatic carbocycles. The van der Waals surface area contributed by atoms with Crippen molar-refractivity contribution in [1.29, 1.82) is 0 Å². The van der Waals surface area contributed by atoms with Crippen LogP contribution in [0.4, 0.5) is 5.69 Å². The van der Waals surface area contributed by atoms with Crippen molar-refractivity contribution in [1.82, 2.24) is 14.8 Å². The minimum Gasteiger partial charge on any atom is -0.325 e. The highest BCUT2D eigenvalue weighted by atomic mass is 35.5. The number of nitrogens with one attached hydrogen (secondary N) is 1. The first kappa shape index (κ1) is 19.5. The van der Waals surface area contributed by atoms with Crippen molar-refractivity contribution < 1.29 is 4.79 Å². The number of halogens is 1. The van der Waals surface area contributed by atoms with Crippen LogP contribution < -0.4 is 5.32 Å². The van der Waals surface area contributed by atoms with Gasteiger partial charge in [0, 0.05) is 23.3 Å². The highest BCUT2D eigenvalue weighted by molar-refractivity contribution is 7.99. The molecule has 0 saturated heterocycles. The molecule has 0 saturated carbocycles. The number of rotatable bonds is 7. The van der Waals surface area contributed by atoms with Gasteiger partial charge in [-0.25, -0.2) is 0 Å². The van der Waals surface area contributed by atoms with Crippen molar-refractivity contribution in [2.24, 2.45) is 7.05 Å². The number of hydrogen-bond acceptors (Lipinski definition) is 4. The Morgan fingerprint density at radius 2 is 1.81 bits per heavy atom. The molecule has 0 bridgehead atoms.